The lowest BCUT2D eigenvalue weighted by Gasteiger charge is -2.14. The number of benzene rings is 1. The van der Waals surface area contributed by atoms with E-state index in [1.165, 1.54) is 16.7 Å². The zero-order valence-corrected chi connectivity index (χ0v) is 11.2. The van der Waals surface area contributed by atoms with Gasteiger partial charge in [0.2, 0.25) is 0 Å². The molecule has 3 unspecified atom stereocenters. The van der Waals surface area contributed by atoms with Gasteiger partial charge in [-0.25, -0.2) is 0 Å². The van der Waals surface area contributed by atoms with Crippen LogP contribution in [-0.2, 0) is 11.2 Å². The summed E-state index contributed by atoms with van der Waals surface area (Å²) in [5, 5.41) is 9.53. The van der Waals surface area contributed by atoms with E-state index in [0.717, 1.165) is 12.8 Å². The van der Waals surface area contributed by atoms with E-state index in [-0.39, 0.29) is 0 Å². The Morgan fingerprint density at radius 2 is 1.88 bits per heavy atom. The third-order valence-electron chi connectivity index (χ3n) is 3.79. The Hall–Kier alpha value is -1.02. The summed E-state index contributed by atoms with van der Waals surface area (Å²) in [7, 11) is 0. The monoisotopic (exact) mass is 234 g/mol. The molecule has 17 heavy (non-hydrogen) atoms. The van der Waals surface area contributed by atoms with E-state index in [1.807, 2.05) is 12.1 Å². The van der Waals surface area contributed by atoms with Crippen LogP contribution >= 0.6 is 0 Å². The van der Waals surface area contributed by atoms with Crippen molar-refractivity contribution in [2.75, 3.05) is 0 Å². The number of rotatable bonds is 4. The molecule has 1 fully saturated rings. The van der Waals surface area contributed by atoms with Crippen molar-refractivity contribution in [3.63, 3.8) is 0 Å². The smallest absolute Gasteiger partial charge is 0.116 e. The summed E-state index contributed by atoms with van der Waals surface area (Å²) in [5.41, 5.74) is 3.73. The van der Waals surface area contributed by atoms with E-state index in [9.17, 15) is 5.11 Å². The predicted molar refractivity (Wildman–Crippen MR) is 69.4 cm³/mol. The van der Waals surface area contributed by atoms with Crippen molar-refractivity contribution >= 4 is 0 Å². The highest BCUT2D eigenvalue weighted by atomic mass is 16.6. The molecule has 0 bridgehead atoms. The molecule has 1 saturated heterocycles. The molecule has 2 heteroatoms. The Kier molecular flexibility index (Phi) is 3.43. The molecule has 0 aliphatic carbocycles. The molecular weight excluding hydrogens is 212 g/mol. The molecule has 1 aliphatic heterocycles. The number of epoxide rings is 1. The van der Waals surface area contributed by atoms with Crippen LogP contribution in [0.25, 0.3) is 0 Å². The second-order valence-corrected chi connectivity index (χ2v) is 5.29. The maximum Gasteiger partial charge on any atom is 0.116 e. The molecule has 2 rings (SSSR count). The summed E-state index contributed by atoms with van der Waals surface area (Å²) in [5.74, 6) is 0.924. The third-order valence-corrected chi connectivity index (χ3v) is 3.79. The number of ether oxygens (including phenoxy) is 1. The van der Waals surface area contributed by atoms with Crippen LogP contribution in [-0.4, -0.2) is 17.3 Å². The topological polar surface area (TPSA) is 32.8 Å². The predicted octanol–water partition coefficient (Wildman–Crippen LogP) is 3.37. The summed E-state index contributed by atoms with van der Waals surface area (Å²) in [6, 6.07) is 3.69. The van der Waals surface area contributed by atoms with Gasteiger partial charge in [-0.15, -0.1) is 0 Å². The zero-order valence-electron chi connectivity index (χ0n) is 11.2. The number of phenolic OH excluding ortho intramolecular Hbond substituents is 1. The summed E-state index contributed by atoms with van der Waals surface area (Å²) in [6.45, 7) is 8.57. The van der Waals surface area contributed by atoms with E-state index in [0.29, 0.717) is 23.9 Å². The third kappa shape index (κ3) is 2.63. The molecule has 0 saturated carbocycles. The fraction of sp³-hybridized carbons (Fsp3) is 0.600. The maximum absolute atomic E-state index is 9.53. The van der Waals surface area contributed by atoms with Gasteiger partial charge < -0.3 is 9.84 Å². The first-order valence-electron chi connectivity index (χ1n) is 6.47. The highest BCUT2D eigenvalue weighted by molar-refractivity contribution is 5.40. The van der Waals surface area contributed by atoms with Crippen molar-refractivity contribution in [1.82, 2.24) is 0 Å². The van der Waals surface area contributed by atoms with Crippen LogP contribution in [0.5, 0.6) is 5.75 Å². The lowest BCUT2D eigenvalue weighted by Crippen LogP contribution is -2.11. The summed E-state index contributed by atoms with van der Waals surface area (Å²) >= 11 is 0. The van der Waals surface area contributed by atoms with Gasteiger partial charge in [0.15, 0.2) is 0 Å². The quantitative estimate of drug-likeness (QED) is 0.810. The van der Waals surface area contributed by atoms with Crippen molar-refractivity contribution in [1.29, 1.82) is 0 Å². The standard InChI is InChI=1S/C15H22O2/c1-5-14-15(17-14)11(4)8-13-9(2)6-12(16)7-10(13)3/h6-7,11,14-16H,5,8H2,1-4H3. The molecule has 0 spiro atoms. The van der Waals surface area contributed by atoms with Crippen LogP contribution < -0.4 is 0 Å². The number of phenols is 1. The van der Waals surface area contributed by atoms with Crippen molar-refractivity contribution in [3.8, 4) is 5.75 Å². The molecule has 0 aromatic heterocycles. The van der Waals surface area contributed by atoms with E-state index in [2.05, 4.69) is 27.7 Å². The summed E-state index contributed by atoms with van der Waals surface area (Å²) in [6.07, 6.45) is 3.07. The van der Waals surface area contributed by atoms with Crippen molar-refractivity contribution in [3.05, 3.63) is 28.8 Å². The minimum absolute atomic E-state index is 0.366. The van der Waals surface area contributed by atoms with Gasteiger partial charge in [-0.1, -0.05) is 13.8 Å². The molecule has 1 aromatic rings. The van der Waals surface area contributed by atoms with E-state index >= 15 is 0 Å². The lowest BCUT2D eigenvalue weighted by atomic mass is 9.90. The van der Waals surface area contributed by atoms with Gasteiger partial charge in [0.05, 0.1) is 12.2 Å². The number of aryl methyl sites for hydroxylation is 2. The van der Waals surface area contributed by atoms with Crippen molar-refractivity contribution < 1.29 is 9.84 Å². The van der Waals surface area contributed by atoms with Crippen LogP contribution in [0.1, 0.15) is 37.0 Å². The lowest BCUT2D eigenvalue weighted by molar-refractivity contribution is 0.322. The fourth-order valence-electron chi connectivity index (χ4n) is 2.72. The van der Waals surface area contributed by atoms with Crippen LogP contribution in [0.15, 0.2) is 12.1 Å². The van der Waals surface area contributed by atoms with Gasteiger partial charge in [0, 0.05) is 0 Å². The van der Waals surface area contributed by atoms with Crippen molar-refractivity contribution in [2.24, 2.45) is 5.92 Å². The summed E-state index contributed by atoms with van der Waals surface area (Å²) < 4.78 is 5.65. The van der Waals surface area contributed by atoms with Crippen LogP contribution in [0.3, 0.4) is 0 Å². The van der Waals surface area contributed by atoms with Crippen molar-refractivity contribution in [2.45, 2.75) is 52.7 Å². The Morgan fingerprint density at radius 3 is 2.35 bits per heavy atom. The molecule has 1 N–H and O–H groups in total. The molecule has 2 nitrogen and oxygen atoms in total. The van der Waals surface area contributed by atoms with Crippen LogP contribution in [0, 0.1) is 19.8 Å². The Bertz CT molecular complexity index is 388. The van der Waals surface area contributed by atoms with Gasteiger partial charge in [-0.2, -0.15) is 0 Å². The van der Waals surface area contributed by atoms with Gasteiger partial charge >= 0.3 is 0 Å². The fourth-order valence-corrected chi connectivity index (χ4v) is 2.72. The largest absolute Gasteiger partial charge is 0.508 e. The van der Waals surface area contributed by atoms with E-state index in [1.54, 1.807) is 0 Å². The molecule has 0 radical (unpaired) electrons. The number of aromatic hydroxyl groups is 1. The van der Waals surface area contributed by atoms with Gasteiger partial charge in [0.25, 0.3) is 0 Å². The average Bonchev–Trinajstić information content (AvgIpc) is 3.02. The first kappa shape index (κ1) is 12.4. The first-order valence-corrected chi connectivity index (χ1v) is 6.47. The molecule has 1 aromatic carbocycles. The maximum atomic E-state index is 9.53. The number of hydrogen-bond acceptors (Lipinski definition) is 2. The molecule has 1 aliphatic rings. The Balaban J connectivity index is 2.08. The normalized spacial score (nSPS) is 24.7. The van der Waals surface area contributed by atoms with E-state index < -0.39 is 0 Å². The van der Waals surface area contributed by atoms with Gasteiger partial charge in [-0.3, -0.25) is 0 Å². The first-order chi connectivity index (χ1) is 8.02. The zero-order chi connectivity index (χ0) is 12.6. The number of hydrogen-bond donors (Lipinski definition) is 1. The van der Waals surface area contributed by atoms with Gasteiger partial charge in [-0.05, 0) is 61.4 Å². The van der Waals surface area contributed by atoms with Crippen LogP contribution in [0.2, 0.25) is 0 Å². The second kappa shape index (κ2) is 4.69. The Labute approximate surface area is 104 Å². The average molecular weight is 234 g/mol. The minimum atomic E-state index is 0.366. The highest BCUT2D eigenvalue weighted by Gasteiger charge is 2.41. The second-order valence-electron chi connectivity index (χ2n) is 5.29. The Morgan fingerprint density at radius 1 is 1.29 bits per heavy atom. The van der Waals surface area contributed by atoms with Gasteiger partial charge in [0.1, 0.15) is 5.75 Å². The minimum Gasteiger partial charge on any atom is -0.508 e. The summed E-state index contributed by atoms with van der Waals surface area (Å²) in [4.78, 5) is 0. The SMILES string of the molecule is CCC1OC1C(C)Cc1c(C)cc(O)cc1C. The molecular formula is C15H22O2. The molecule has 94 valence electrons. The molecule has 0 amide bonds. The van der Waals surface area contributed by atoms with Crippen LogP contribution in [0.4, 0.5) is 0 Å². The molecule has 3 atom stereocenters. The highest BCUT2D eigenvalue weighted by Crippen LogP contribution is 2.34. The van der Waals surface area contributed by atoms with E-state index in [4.69, 9.17) is 4.74 Å². The molecule has 1 heterocycles.